The van der Waals surface area contributed by atoms with E-state index in [1.165, 1.54) is 4.31 Å². The molecule has 0 saturated heterocycles. The molecule has 0 fully saturated rings. The van der Waals surface area contributed by atoms with Crippen molar-refractivity contribution in [3.63, 3.8) is 0 Å². The molecule has 4 rings (SSSR count). The summed E-state index contributed by atoms with van der Waals surface area (Å²) >= 11 is 0. The molecule has 1 aromatic carbocycles. The molecule has 1 N–H and O–H groups in total. The van der Waals surface area contributed by atoms with Crippen LogP contribution >= 0.6 is 0 Å². The monoisotopic (exact) mass is 442 g/mol. The van der Waals surface area contributed by atoms with E-state index < -0.39 is 16.1 Å². The third-order valence-electron chi connectivity index (χ3n) is 5.41. The number of benzene rings is 1. The lowest BCUT2D eigenvalue weighted by atomic mass is 10.2. The normalized spacial score (nSPS) is 16.8. The van der Waals surface area contributed by atoms with Gasteiger partial charge >= 0.3 is 0 Å². The Balaban J connectivity index is 1.49. The van der Waals surface area contributed by atoms with Crippen LogP contribution in [0.2, 0.25) is 0 Å². The molecule has 0 aliphatic carbocycles. The van der Waals surface area contributed by atoms with Crippen LogP contribution in [0.4, 0.5) is 0 Å². The lowest BCUT2D eigenvalue weighted by Gasteiger charge is -2.32. The first-order valence-corrected chi connectivity index (χ1v) is 11.6. The summed E-state index contributed by atoms with van der Waals surface area (Å²) in [6, 6.07) is 8.48. The van der Waals surface area contributed by atoms with Crippen LogP contribution in [0.1, 0.15) is 41.4 Å². The van der Waals surface area contributed by atoms with Gasteiger partial charge in [0, 0.05) is 19.3 Å². The summed E-state index contributed by atoms with van der Waals surface area (Å²) in [5.41, 5.74) is 2.43. The average molecular weight is 443 g/mol. The first kappa shape index (κ1) is 21.3. The number of fused-ring (bicyclic) bond motifs is 1. The van der Waals surface area contributed by atoms with E-state index in [2.05, 4.69) is 10.3 Å². The summed E-state index contributed by atoms with van der Waals surface area (Å²) in [5.74, 6) is 1.16. The number of carbonyl (C=O) groups is 1. The zero-order chi connectivity index (χ0) is 22.2. The predicted octanol–water partition coefficient (Wildman–Crippen LogP) is 2.72. The van der Waals surface area contributed by atoms with Crippen molar-refractivity contribution in [3.05, 3.63) is 71.2 Å². The summed E-state index contributed by atoms with van der Waals surface area (Å²) in [4.78, 5) is 17.1. The summed E-state index contributed by atoms with van der Waals surface area (Å²) < 4.78 is 35.3. The summed E-state index contributed by atoms with van der Waals surface area (Å²) in [6.07, 6.45) is 3.51. The van der Waals surface area contributed by atoms with Gasteiger partial charge in [-0.25, -0.2) is 13.4 Å². The number of aryl methyl sites for hydroxylation is 2. The van der Waals surface area contributed by atoms with Gasteiger partial charge in [-0.1, -0.05) is 6.07 Å². The van der Waals surface area contributed by atoms with Gasteiger partial charge in [0.15, 0.2) is 0 Å². The van der Waals surface area contributed by atoms with Crippen LogP contribution < -0.4 is 5.32 Å². The maximum absolute atomic E-state index is 13.3. The van der Waals surface area contributed by atoms with Gasteiger partial charge in [0.05, 0.1) is 35.9 Å². The van der Waals surface area contributed by atoms with E-state index in [0.29, 0.717) is 41.8 Å². The van der Waals surface area contributed by atoms with E-state index in [9.17, 15) is 13.2 Å². The summed E-state index contributed by atoms with van der Waals surface area (Å²) in [7, 11) is -3.66. The molecule has 0 bridgehead atoms. The molecule has 0 radical (unpaired) electrons. The maximum Gasteiger partial charge on any atom is 0.243 e. The molecule has 0 spiro atoms. The van der Waals surface area contributed by atoms with Crippen LogP contribution in [0.15, 0.2) is 52.1 Å². The van der Waals surface area contributed by atoms with Crippen molar-refractivity contribution < 1.29 is 17.6 Å². The quantitative estimate of drug-likeness (QED) is 0.633. The molecule has 164 valence electrons. The Bertz CT molecular complexity index is 1180. The van der Waals surface area contributed by atoms with Crippen LogP contribution in [0.25, 0.3) is 0 Å². The molecular formula is C22H26N4O4S. The Hall–Kier alpha value is -2.91. The number of hydrogen-bond acceptors (Lipinski definition) is 5. The number of aromatic nitrogens is 2. The second-order valence-electron chi connectivity index (χ2n) is 7.93. The molecule has 0 saturated carbocycles. The van der Waals surface area contributed by atoms with Gasteiger partial charge in [-0.3, -0.25) is 4.79 Å². The zero-order valence-corrected chi connectivity index (χ0v) is 18.6. The molecule has 1 aliphatic heterocycles. The smallest absolute Gasteiger partial charge is 0.243 e. The van der Waals surface area contributed by atoms with E-state index in [4.69, 9.17) is 4.42 Å². The fraction of sp³-hybridized carbons (Fsp3) is 0.364. The SMILES string of the molecule is Cc1cc(C)cc(S(=O)(=O)N2CCn3cc(CC(=O)NCc4ccco4)nc3[C@H]2C)c1. The van der Waals surface area contributed by atoms with Crippen LogP contribution in [0, 0.1) is 13.8 Å². The van der Waals surface area contributed by atoms with Crippen molar-refractivity contribution >= 4 is 15.9 Å². The van der Waals surface area contributed by atoms with E-state index in [1.807, 2.05) is 37.6 Å². The largest absolute Gasteiger partial charge is 0.467 e. The zero-order valence-electron chi connectivity index (χ0n) is 17.8. The van der Waals surface area contributed by atoms with Gasteiger partial charge in [0.1, 0.15) is 11.6 Å². The third kappa shape index (κ3) is 4.42. The van der Waals surface area contributed by atoms with Gasteiger partial charge in [-0.15, -0.1) is 0 Å². The highest BCUT2D eigenvalue weighted by Gasteiger charge is 2.35. The minimum absolute atomic E-state index is 0.122. The molecule has 8 nitrogen and oxygen atoms in total. The Morgan fingerprint density at radius 2 is 1.97 bits per heavy atom. The average Bonchev–Trinajstić information content (AvgIpc) is 3.35. The predicted molar refractivity (Wildman–Crippen MR) is 115 cm³/mol. The number of amides is 1. The molecule has 1 atom stereocenters. The number of imidazole rings is 1. The maximum atomic E-state index is 13.3. The first-order chi connectivity index (χ1) is 14.7. The molecular weight excluding hydrogens is 416 g/mol. The fourth-order valence-electron chi connectivity index (χ4n) is 3.98. The Kier molecular flexibility index (Phi) is 5.72. The molecule has 31 heavy (non-hydrogen) atoms. The standard InChI is InChI=1S/C22H26N4O4S/c1-15-9-16(2)11-20(10-15)31(28,29)26-7-6-25-14-18(24-22(25)17(26)3)12-21(27)23-13-19-5-4-8-30-19/h4-5,8-11,14,17H,6-7,12-13H2,1-3H3,(H,23,27)/t17-/m1/s1. The lowest BCUT2D eigenvalue weighted by molar-refractivity contribution is -0.120. The van der Waals surface area contributed by atoms with Crippen molar-refractivity contribution in [1.29, 1.82) is 0 Å². The molecule has 3 aromatic rings. The number of hydrogen-bond donors (Lipinski definition) is 1. The van der Waals surface area contributed by atoms with Gasteiger partial charge in [-0.2, -0.15) is 4.31 Å². The second-order valence-corrected chi connectivity index (χ2v) is 9.82. The topological polar surface area (TPSA) is 97.4 Å². The van der Waals surface area contributed by atoms with Gasteiger partial charge < -0.3 is 14.3 Å². The summed E-state index contributed by atoms with van der Waals surface area (Å²) in [5, 5.41) is 2.80. The number of nitrogens with one attached hydrogen (secondary N) is 1. The molecule has 9 heteroatoms. The number of carbonyl (C=O) groups excluding carboxylic acids is 1. The van der Waals surface area contributed by atoms with Crippen LogP contribution in [0.5, 0.6) is 0 Å². The lowest BCUT2D eigenvalue weighted by Crippen LogP contribution is -2.41. The number of furan rings is 1. The van der Waals surface area contributed by atoms with Gasteiger partial charge in [0.2, 0.25) is 15.9 Å². The van der Waals surface area contributed by atoms with E-state index >= 15 is 0 Å². The highest BCUT2D eigenvalue weighted by atomic mass is 32.2. The third-order valence-corrected chi connectivity index (χ3v) is 7.36. The van der Waals surface area contributed by atoms with E-state index in [-0.39, 0.29) is 12.3 Å². The van der Waals surface area contributed by atoms with Crippen molar-refractivity contribution in [2.24, 2.45) is 0 Å². The Morgan fingerprint density at radius 1 is 1.23 bits per heavy atom. The second kappa shape index (κ2) is 8.32. The highest BCUT2D eigenvalue weighted by Crippen LogP contribution is 2.31. The molecule has 1 amide bonds. The molecule has 2 aromatic heterocycles. The number of sulfonamides is 1. The molecule has 3 heterocycles. The first-order valence-electron chi connectivity index (χ1n) is 10.2. The summed E-state index contributed by atoms with van der Waals surface area (Å²) in [6.45, 7) is 6.77. The minimum Gasteiger partial charge on any atom is -0.467 e. The van der Waals surface area contributed by atoms with Crippen LogP contribution in [-0.4, -0.2) is 34.7 Å². The Morgan fingerprint density at radius 3 is 2.65 bits per heavy atom. The van der Waals surface area contributed by atoms with Crippen molar-refractivity contribution in [3.8, 4) is 0 Å². The fourth-order valence-corrected chi connectivity index (χ4v) is 5.76. The van der Waals surface area contributed by atoms with Gasteiger partial charge in [0.25, 0.3) is 0 Å². The highest BCUT2D eigenvalue weighted by molar-refractivity contribution is 7.89. The van der Waals surface area contributed by atoms with Crippen molar-refractivity contribution in [2.75, 3.05) is 6.54 Å². The van der Waals surface area contributed by atoms with Crippen LogP contribution in [-0.2, 0) is 34.3 Å². The van der Waals surface area contributed by atoms with E-state index in [1.54, 1.807) is 30.5 Å². The number of nitrogens with zero attached hydrogens (tertiary/aromatic N) is 3. The molecule has 0 unspecified atom stereocenters. The minimum atomic E-state index is -3.66. The van der Waals surface area contributed by atoms with E-state index in [0.717, 1.165) is 11.1 Å². The number of rotatable bonds is 6. The van der Waals surface area contributed by atoms with Crippen molar-refractivity contribution in [1.82, 2.24) is 19.2 Å². The van der Waals surface area contributed by atoms with Crippen molar-refractivity contribution in [2.45, 2.75) is 51.2 Å². The molecule has 1 aliphatic rings. The van der Waals surface area contributed by atoms with Crippen LogP contribution in [0.3, 0.4) is 0 Å². The van der Waals surface area contributed by atoms with Gasteiger partial charge in [-0.05, 0) is 56.2 Å². The Labute approximate surface area is 181 Å².